The van der Waals surface area contributed by atoms with Crippen molar-refractivity contribution in [3.63, 3.8) is 0 Å². The minimum atomic E-state index is -1.34. The topological polar surface area (TPSA) is 289 Å². The summed E-state index contributed by atoms with van der Waals surface area (Å²) in [4.78, 5) is 113. The highest BCUT2D eigenvalue weighted by molar-refractivity contribution is 7.98. The first-order valence-corrected chi connectivity index (χ1v) is 26.7. The van der Waals surface area contributed by atoms with Crippen LogP contribution in [0.4, 0.5) is 0 Å². The Morgan fingerprint density at radius 1 is 0.479 bits per heavy atom. The number of hydrogen-bond donors (Lipinski definition) is 10. The van der Waals surface area contributed by atoms with Gasteiger partial charge in [-0.1, -0.05) is 109 Å². The molecule has 0 bridgehead atoms. The third-order valence-electron chi connectivity index (χ3n) is 11.9. The van der Waals surface area contributed by atoms with Crippen molar-refractivity contribution in [1.29, 1.82) is 0 Å². The van der Waals surface area contributed by atoms with E-state index in [-0.39, 0.29) is 45.1 Å². The molecule has 0 spiro atoms. The molecule has 1 heterocycles. The van der Waals surface area contributed by atoms with Crippen molar-refractivity contribution in [3.05, 3.63) is 144 Å². The minimum Gasteiger partial charge on any atom is -0.368 e. The summed E-state index contributed by atoms with van der Waals surface area (Å²) in [5, 5.41) is 20.1. The number of primary amides is 1. The fraction of sp³-hybridized carbons (Fsp3) is 0.358. The zero-order valence-corrected chi connectivity index (χ0v) is 42.8. The summed E-state index contributed by atoms with van der Waals surface area (Å²) in [5.74, 6) is -4.35. The van der Waals surface area contributed by atoms with Crippen LogP contribution in [0, 0.1) is 0 Å². The van der Waals surface area contributed by atoms with E-state index in [1.54, 1.807) is 85.1 Å². The second-order valence-corrected chi connectivity index (χ2v) is 19.4. The highest BCUT2D eigenvalue weighted by Gasteiger charge is 2.34. The Kier molecular flexibility index (Phi) is 22.8. The molecule has 12 N–H and O–H groups in total. The van der Waals surface area contributed by atoms with Crippen LogP contribution in [-0.4, -0.2) is 125 Å². The van der Waals surface area contributed by atoms with Crippen LogP contribution < -0.4 is 48.7 Å². The maximum atomic E-state index is 14.9. The Morgan fingerprint density at radius 3 is 1.30 bits per heavy atom. The molecule has 73 heavy (non-hydrogen) atoms. The molecule has 5 aromatic rings. The van der Waals surface area contributed by atoms with E-state index in [2.05, 4.69) is 42.2 Å². The summed E-state index contributed by atoms with van der Waals surface area (Å²) in [5.41, 5.74) is 14.7. The van der Waals surface area contributed by atoms with E-state index in [1.165, 1.54) is 30.4 Å². The van der Waals surface area contributed by atoms with Crippen molar-refractivity contribution in [2.75, 3.05) is 30.6 Å². The number of amides is 8. The number of nitrogens with one attached hydrogen (secondary N) is 8. The maximum Gasteiger partial charge on any atom is 0.243 e. The smallest absolute Gasteiger partial charge is 0.243 e. The van der Waals surface area contributed by atoms with Crippen LogP contribution in [0.3, 0.4) is 0 Å². The lowest BCUT2D eigenvalue weighted by atomic mass is 10.00. The Balaban J connectivity index is 1.46. The van der Waals surface area contributed by atoms with Gasteiger partial charge in [0.2, 0.25) is 47.3 Å². The van der Waals surface area contributed by atoms with Crippen molar-refractivity contribution in [1.82, 2.24) is 42.2 Å². The molecular weight excluding hydrogens is 969 g/mol. The molecule has 0 aliphatic carbocycles. The van der Waals surface area contributed by atoms with Crippen molar-refractivity contribution in [3.8, 4) is 0 Å². The van der Waals surface area contributed by atoms with Gasteiger partial charge in [-0.25, -0.2) is 0 Å². The zero-order chi connectivity index (χ0) is 52.7. The third-order valence-corrected chi connectivity index (χ3v) is 13.2. The number of aromatic amines is 1. The molecule has 0 aliphatic rings. The van der Waals surface area contributed by atoms with Gasteiger partial charge in [-0.2, -0.15) is 23.5 Å². The van der Waals surface area contributed by atoms with E-state index in [1.807, 2.05) is 48.9 Å². The number of para-hydroxylation sites is 1. The number of fused-ring (bicyclic) bond motifs is 1. The standard InChI is InChI=1S/C53H66N10O8S2/c1-33(57-49(67)41(24-26-73-3)58-46(64)31-54)48(66)60-42(27-34-15-7-4-8-16-34)51(69)63-45(30-37-32-56-39-22-14-13-21-38(37)39)53(71)62-44(29-36-19-11-6-12-20-36)52(70)61-43(28-35-17-9-5-10-18-35)50(68)59-40(47(55)65)23-25-72-2/h4-22,32-33,40-45,56H,23-31,54H2,1-3H3,(H2,55,65)(H,57,67)(H,58,64)(H,59,68)(H,60,66)(H,61,70)(H,62,71)(H,63,69)/t33-,40-,41-,42+,43-,44+,45-/m0/s1. The van der Waals surface area contributed by atoms with Crippen molar-refractivity contribution in [2.24, 2.45) is 11.5 Å². The second kappa shape index (κ2) is 29.4. The molecule has 8 amide bonds. The number of hydrogen-bond acceptors (Lipinski definition) is 11. The number of carbonyl (C=O) groups is 8. The number of carbonyl (C=O) groups excluding carboxylic acids is 8. The summed E-state index contributed by atoms with van der Waals surface area (Å²) in [6, 6.07) is 26.0. The molecule has 0 fully saturated rings. The molecule has 20 heteroatoms. The number of thioether (sulfide) groups is 2. The van der Waals surface area contributed by atoms with Gasteiger partial charge >= 0.3 is 0 Å². The van der Waals surface area contributed by atoms with Crippen LogP contribution in [0.5, 0.6) is 0 Å². The summed E-state index contributed by atoms with van der Waals surface area (Å²) in [6.45, 7) is 1.12. The maximum absolute atomic E-state index is 14.9. The molecule has 0 unspecified atom stereocenters. The van der Waals surface area contributed by atoms with Gasteiger partial charge in [0.1, 0.15) is 42.3 Å². The molecule has 1 aromatic heterocycles. The van der Waals surface area contributed by atoms with E-state index in [4.69, 9.17) is 11.5 Å². The van der Waals surface area contributed by atoms with E-state index in [0.29, 0.717) is 33.8 Å². The molecule has 0 radical (unpaired) electrons. The SMILES string of the molecule is CSCC[C@H](NC(=O)[C@H](Cc1ccccc1)NC(=O)[C@@H](Cc1ccccc1)NC(=O)[C@H](Cc1c[nH]c2ccccc12)NC(=O)[C@@H](Cc1ccccc1)NC(=O)[C@H](C)NC(=O)[C@H](CCSC)NC(=O)CN)C(N)=O. The number of benzene rings is 4. The van der Waals surface area contributed by atoms with Gasteiger partial charge in [0.15, 0.2) is 0 Å². The molecule has 0 saturated carbocycles. The lowest BCUT2D eigenvalue weighted by molar-refractivity contribution is -0.135. The van der Waals surface area contributed by atoms with Gasteiger partial charge in [-0.3, -0.25) is 38.4 Å². The van der Waals surface area contributed by atoms with Crippen LogP contribution >= 0.6 is 23.5 Å². The van der Waals surface area contributed by atoms with E-state index in [9.17, 15) is 38.4 Å². The predicted molar refractivity (Wildman–Crippen MR) is 286 cm³/mol. The van der Waals surface area contributed by atoms with Crippen LogP contribution in [0.15, 0.2) is 121 Å². The van der Waals surface area contributed by atoms with Gasteiger partial charge in [-0.15, -0.1) is 0 Å². The Hall–Kier alpha value is -7.16. The fourth-order valence-electron chi connectivity index (χ4n) is 7.95. The van der Waals surface area contributed by atoms with E-state index < -0.39 is 89.6 Å². The quantitative estimate of drug-likeness (QED) is 0.0330. The lowest BCUT2D eigenvalue weighted by Crippen LogP contribution is -2.61. The van der Waals surface area contributed by atoms with Gasteiger partial charge < -0.3 is 53.7 Å². The average Bonchev–Trinajstić information content (AvgIpc) is 3.80. The normalized spacial score (nSPS) is 13.9. The van der Waals surface area contributed by atoms with Gasteiger partial charge in [-0.05, 0) is 72.1 Å². The molecule has 7 atom stereocenters. The third kappa shape index (κ3) is 18.1. The molecule has 388 valence electrons. The highest BCUT2D eigenvalue weighted by atomic mass is 32.2. The summed E-state index contributed by atoms with van der Waals surface area (Å²) < 4.78 is 0. The van der Waals surface area contributed by atoms with Crippen LogP contribution in [0.2, 0.25) is 0 Å². The predicted octanol–water partition coefficient (Wildman–Crippen LogP) is 1.80. The fourth-order valence-corrected chi connectivity index (χ4v) is 8.89. The Morgan fingerprint density at radius 2 is 0.863 bits per heavy atom. The van der Waals surface area contributed by atoms with Crippen LogP contribution in [-0.2, 0) is 64.0 Å². The Bertz CT molecular complexity index is 2620. The Labute approximate surface area is 433 Å². The lowest BCUT2D eigenvalue weighted by Gasteiger charge is -2.28. The molecule has 4 aromatic carbocycles. The number of aromatic nitrogens is 1. The van der Waals surface area contributed by atoms with E-state index in [0.717, 1.165) is 10.9 Å². The molecule has 18 nitrogen and oxygen atoms in total. The second-order valence-electron chi connectivity index (χ2n) is 17.5. The van der Waals surface area contributed by atoms with Crippen molar-refractivity contribution in [2.45, 2.75) is 87.7 Å². The van der Waals surface area contributed by atoms with Gasteiger partial charge in [0, 0.05) is 42.8 Å². The summed E-state index contributed by atoms with van der Waals surface area (Å²) >= 11 is 2.96. The summed E-state index contributed by atoms with van der Waals surface area (Å²) in [7, 11) is 0. The largest absolute Gasteiger partial charge is 0.368 e. The van der Waals surface area contributed by atoms with Crippen molar-refractivity contribution < 1.29 is 38.4 Å². The monoisotopic (exact) mass is 1030 g/mol. The zero-order valence-electron chi connectivity index (χ0n) is 41.2. The first-order valence-electron chi connectivity index (χ1n) is 23.9. The van der Waals surface area contributed by atoms with Gasteiger partial charge in [0.25, 0.3) is 0 Å². The highest BCUT2D eigenvalue weighted by Crippen LogP contribution is 2.20. The average molecular weight is 1040 g/mol. The number of H-pyrrole nitrogens is 1. The van der Waals surface area contributed by atoms with Crippen molar-refractivity contribution >= 4 is 81.7 Å². The molecular formula is C53H66N10O8S2. The first kappa shape index (κ1) is 56.8. The van der Waals surface area contributed by atoms with Crippen LogP contribution in [0.1, 0.15) is 42.0 Å². The minimum absolute atomic E-state index is 0.0127. The number of nitrogens with two attached hydrogens (primary N) is 2. The van der Waals surface area contributed by atoms with E-state index >= 15 is 0 Å². The molecule has 0 saturated heterocycles. The molecule has 5 rings (SSSR count). The van der Waals surface area contributed by atoms with Crippen LogP contribution in [0.25, 0.3) is 10.9 Å². The van der Waals surface area contributed by atoms with Gasteiger partial charge in [0.05, 0.1) is 6.54 Å². The summed E-state index contributed by atoms with van der Waals surface area (Å²) in [6.07, 6.45) is 5.94. The number of rotatable bonds is 29. The molecule has 0 aliphatic heterocycles. The first-order chi connectivity index (χ1) is 35.2.